The Morgan fingerprint density at radius 1 is 1.00 bits per heavy atom. The Hall–Kier alpha value is -1.18. The average molecular weight is 414 g/mol. The first-order valence-electron chi connectivity index (χ1n) is 7.05. The fourth-order valence-electron chi connectivity index (χ4n) is 2.15. The molecule has 0 bridgehead atoms. The molecule has 0 unspecified atom stereocenters. The predicted octanol–water partition coefficient (Wildman–Crippen LogP) is 4.97. The van der Waals surface area contributed by atoms with Gasteiger partial charge in [0.2, 0.25) is 5.60 Å². The molecule has 0 heterocycles. The summed E-state index contributed by atoms with van der Waals surface area (Å²) in [5.41, 5.74) is 2.97. The molecule has 2 aromatic rings. The van der Waals surface area contributed by atoms with Gasteiger partial charge in [-0.2, -0.15) is 13.2 Å². The zero-order valence-electron chi connectivity index (χ0n) is 12.7. The molecule has 2 rings (SSSR count). The predicted molar refractivity (Wildman–Crippen MR) is 94.2 cm³/mol. The SMILES string of the molecule is NCc1ccc(NC[C@](O)(c2cc(Cl)c(Cl)c(Cl)c2)C(F)(F)F)cc1. The highest BCUT2D eigenvalue weighted by Crippen LogP contribution is 2.43. The van der Waals surface area contributed by atoms with Gasteiger partial charge in [-0.1, -0.05) is 46.9 Å². The third kappa shape index (κ3) is 4.33. The quantitative estimate of drug-likeness (QED) is 0.607. The highest BCUT2D eigenvalue weighted by Gasteiger charge is 2.55. The van der Waals surface area contributed by atoms with Crippen molar-refractivity contribution in [2.45, 2.75) is 18.3 Å². The minimum atomic E-state index is -4.97. The van der Waals surface area contributed by atoms with E-state index in [-0.39, 0.29) is 15.1 Å². The lowest BCUT2D eigenvalue weighted by molar-refractivity contribution is -0.260. The van der Waals surface area contributed by atoms with Crippen molar-refractivity contribution < 1.29 is 18.3 Å². The second kappa shape index (κ2) is 7.60. The van der Waals surface area contributed by atoms with Crippen LogP contribution in [-0.4, -0.2) is 17.8 Å². The number of rotatable bonds is 5. The Labute approximate surface area is 157 Å². The number of alkyl halides is 3. The first-order valence-corrected chi connectivity index (χ1v) is 8.19. The van der Waals surface area contributed by atoms with Gasteiger partial charge in [0, 0.05) is 12.2 Å². The lowest BCUT2D eigenvalue weighted by atomic mass is 9.92. The van der Waals surface area contributed by atoms with E-state index in [0.717, 1.165) is 17.7 Å². The smallest absolute Gasteiger partial charge is 0.381 e. The van der Waals surface area contributed by atoms with E-state index in [1.807, 2.05) is 0 Å². The largest absolute Gasteiger partial charge is 0.423 e. The van der Waals surface area contributed by atoms with Crippen LogP contribution in [0.1, 0.15) is 11.1 Å². The van der Waals surface area contributed by atoms with E-state index >= 15 is 0 Å². The number of halogens is 6. The molecule has 0 saturated heterocycles. The summed E-state index contributed by atoms with van der Waals surface area (Å²) >= 11 is 17.4. The Kier molecular flexibility index (Phi) is 6.12. The highest BCUT2D eigenvalue weighted by molar-refractivity contribution is 6.48. The van der Waals surface area contributed by atoms with Crippen molar-refractivity contribution in [2.75, 3.05) is 11.9 Å². The molecular weight excluding hydrogens is 400 g/mol. The first kappa shape index (κ1) is 20.1. The Morgan fingerprint density at radius 2 is 1.52 bits per heavy atom. The molecule has 0 aliphatic heterocycles. The molecule has 0 aromatic heterocycles. The van der Waals surface area contributed by atoms with Crippen molar-refractivity contribution in [3.8, 4) is 0 Å². The van der Waals surface area contributed by atoms with Crippen LogP contribution in [0.4, 0.5) is 18.9 Å². The zero-order chi connectivity index (χ0) is 18.8. The molecule has 0 saturated carbocycles. The van der Waals surface area contributed by atoms with Gasteiger partial charge in [0.1, 0.15) is 0 Å². The molecule has 136 valence electrons. The fraction of sp³-hybridized carbons (Fsp3) is 0.250. The normalized spacial score (nSPS) is 14.2. The maximum absolute atomic E-state index is 13.5. The van der Waals surface area contributed by atoms with E-state index in [1.165, 1.54) is 0 Å². The van der Waals surface area contributed by atoms with E-state index in [9.17, 15) is 18.3 Å². The van der Waals surface area contributed by atoms with Crippen LogP contribution in [0.2, 0.25) is 15.1 Å². The Balaban J connectivity index is 2.34. The minimum Gasteiger partial charge on any atom is -0.381 e. The summed E-state index contributed by atoms with van der Waals surface area (Å²) < 4.78 is 40.6. The highest BCUT2D eigenvalue weighted by atomic mass is 35.5. The second-order valence-corrected chi connectivity index (χ2v) is 6.56. The van der Waals surface area contributed by atoms with Crippen molar-refractivity contribution in [1.29, 1.82) is 0 Å². The number of aliphatic hydroxyl groups is 1. The molecule has 0 aliphatic carbocycles. The zero-order valence-corrected chi connectivity index (χ0v) is 14.9. The molecule has 9 heteroatoms. The average Bonchev–Trinajstić information content (AvgIpc) is 2.56. The number of anilines is 1. The molecule has 25 heavy (non-hydrogen) atoms. The van der Waals surface area contributed by atoms with Gasteiger partial charge in [0.05, 0.1) is 21.6 Å². The molecule has 0 radical (unpaired) electrons. The van der Waals surface area contributed by atoms with E-state index in [1.54, 1.807) is 24.3 Å². The van der Waals surface area contributed by atoms with E-state index < -0.39 is 23.9 Å². The summed E-state index contributed by atoms with van der Waals surface area (Å²) in [5, 5.41) is 12.5. The van der Waals surface area contributed by atoms with Crippen LogP contribution in [0.25, 0.3) is 0 Å². The van der Waals surface area contributed by atoms with Gasteiger partial charge >= 0.3 is 6.18 Å². The van der Waals surface area contributed by atoms with Gasteiger partial charge < -0.3 is 16.2 Å². The summed E-state index contributed by atoms with van der Waals surface area (Å²) in [6.45, 7) is -0.526. The lowest BCUT2D eigenvalue weighted by Gasteiger charge is -2.32. The lowest BCUT2D eigenvalue weighted by Crippen LogP contribution is -2.47. The number of nitrogens with one attached hydrogen (secondary N) is 1. The Morgan fingerprint density at radius 3 is 1.96 bits per heavy atom. The second-order valence-electron chi connectivity index (χ2n) is 5.37. The van der Waals surface area contributed by atoms with Crippen molar-refractivity contribution in [1.82, 2.24) is 0 Å². The molecule has 0 aliphatic rings. The van der Waals surface area contributed by atoms with E-state index in [4.69, 9.17) is 40.5 Å². The van der Waals surface area contributed by atoms with Crippen molar-refractivity contribution in [2.24, 2.45) is 5.73 Å². The summed E-state index contributed by atoms with van der Waals surface area (Å²) in [6.07, 6.45) is -4.97. The molecule has 3 nitrogen and oxygen atoms in total. The van der Waals surface area contributed by atoms with Crippen LogP contribution in [0.5, 0.6) is 0 Å². The third-order valence-electron chi connectivity index (χ3n) is 3.67. The standard InChI is InChI=1S/C16H14Cl3F3N2O/c17-12-5-10(6-13(18)14(12)19)15(25,16(20,21)22)8-24-11-3-1-9(7-23)2-4-11/h1-6,24-25H,7-8,23H2/t15-/m0/s1. The fourth-order valence-corrected chi connectivity index (χ4v) is 2.75. The summed E-state index contributed by atoms with van der Waals surface area (Å²) in [5.74, 6) is 0. The minimum absolute atomic E-state index is 0.0815. The van der Waals surface area contributed by atoms with Gasteiger partial charge in [-0.15, -0.1) is 0 Å². The van der Waals surface area contributed by atoms with Crippen molar-refractivity contribution in [3.05, 3.63) is 62.6 Å². The summed E-state index contributed by atoms with van der Waals surface area (Å²) in [6, 6.07) is 8.38. The van der Waals surface area contributed by atoms with Gasteiger partial charge in [-0.05, 0) is 35.4 Å². The van der Waals surface area contributed by atoms with E-state index in [2.05, 4.69) is 5.32 Å². The number of hydrogen-bond acceptors (Lipinski definition) is 3. The number of benzene rings is 2. The number of nitrogens with two attached hydrogens (primary N) is 1. The van der Waals surface area contributed by atoms with Crippen LogP contribution in [0, 0.1) is 0 Å². The monoisotopic (exact) mass is 412 g/mol. The molecular formula is C16H14Cl3F3N2O. The summed E-state index contributed by atoms with van der Waals surface area (Å²) in [7, 11) is 0. The number of hydrogen-bond donors (Lipinski definition) is 3. The van der Waals surface area contributed by atoms with Gasteiger partial charge in [0.15, 0.2) is 0 Å². The van der Waals surface area contributed by atoms with Crippen molar-refractivity contribution in [3.63, 3.8) is 0 Å². The molecule has 2 aromatic carbocycles. The maximum atomic E-state index is 13.5. The van der Waals surface area contributed by atoms with Gasteiger partial charge in [-0.3, -0.25) is 0 Å². The molecule has 0 fully saturated rings. The first-order chi connectivity index (χ1) is 11.6. The van der Waals surface area contributed by atoms with Gasteiger partial charge in [-0.25, -0.2) is 0 Å². The topological polar surface area (TPSA) is 58.3 Å². The summed E-state index contributed by atoms with van der Waals surface area (Å²) in [4.78, 5) is 0. The maximum Gasteiger partial charge on any atom is 0.423 e. The van der Waals surface area contributed by atoms with Crippen molar-refractivity contribution >= 4 is 40.5 Å². The third-order valence-corrected chi connectivity index (χ3v) is 4.87. The van der Waals surface area contributed by atoms with Crippen LogP contribution >= 0.6 is 34.8 Å². The van der Waals surface area contributed by atoms with Gasteiger partial charge in [0.25, 0.3) is 0 Å². The molecule has 0 spiro atoms. The van der Waals surface area contributed by atoms with Crippen LogP contribution in [0.15, 0.2) is 36.4 Å². The molecule has 0 amide bonds. The van der Waals surface area contributed by atoms with E-state index in [0.29, 0.717) is 12.2 Å². The van der Waals surface area contributed by atoms with Crippen LogP contribution in [0.3, 0.4) is 0 Å². The molecule has 1 atom stereocenters. The van der Waals surface area contributed by atoms with Crippen LogP contribution in [-0.2, 0) is 12.1 Å². The Bertz CT molecular complexity index is 730. The van der Waals surface area contributed by atoms with Crippen LogP contribution < -0.4 is 11.1 Å². The molecule has 4 N–H and O–H groups in total.